The fourth-order valence-electron chi connectivity index (χ4n) is 2.60. The molecule has 0 aromatic carbocycles. The van der Waals surface area contributed by atoms with Gasteiger partial charge in [0.2, 0.25) is 11.8 Å². The fraction of sp³-hybridized carbons (Fsp3) is 0.833. The van der Waals surface area contributed by atoms with Gasteiger partial charge in [-0.05, 0) is 12.8 Å². The van der Waals surface area contributed by atoms with Gasteiger partial charge < -0.3 is 9.80 Å². The Morgan fingerprint density at radius 3 is 2.83 bits per heavy atom. The van der Waals surface area contributed by atoms with Crippen LogP contribution in [-0.2, 0) is 20.4 Å². The van der Waals surface area contributed by atoms with Crippen LogP contribution in [0.1, 0.15) is 26.2 Å². The third-order valence-corrected chi connectivity index (χ3v) is 4.96. The topological polar surface area (TPSA) is 57.7 Å². The van der Waals surface area contributed by atoms with Crippen LogP contribution in [0.3, 0.4) is 0 Å². The van der Waals surface area contributed by atoms with Gasteiger partial charge in [0, 0.05) is 48.4 Å². The molecule has 2 unspecified atom stereocenters. The molecule has 2 atom stereocenters. The van der Waals surface area contributed by atoms with Gasteiger partial charge in [0.05, 0.1) is 0 Å². The van der Waals surface area contributed by atoms with Crippen molar-refractivity contribution >= 4 is 22.6 Å². The highest BCUT2D eigenvalue weighted by atomic mass is 32.2. The summed E-state index contributed by atoms with van der Waals surface area (Å²) in [5.74, 6) is 1.27. The van der Waals surface area contributed by atoms with Gasteiger partial charge >= 0.3 is 0 Å². The molecule has 0 spiro atoms. The van der Waals surface area contributed by atoms with Gasteiger partial charge in [0.25, 0.3) is 0 Å². The van der Waals surface area contributed by atoms with Crippen molar-refractivity contribution in [2.45, 2.75) is 32.2 Å². The van der Waals surface area contributed by atoms with Crippen molar-refractivity contribution in [3.8, 4) is 0 Å². The lowest BCUT2D eigenvalue weighted by molar-refractivity contribution is -0.139. The highest BCUT2D eigenvalue weighted by Crippen LogP contribution is 2.23. The molecule has 0 aliphatic carbocycles. The second-order valence-electron chi connectivity index (χ2n) is 4.75. The molecule has 2 rings (SSSR count). The number of fused-ring (bicyclic) bond motifs is 1. The SMILES string of the molecule is CCS(=O)CCN1CCC(=O)N2CCCC2C1=O. The molecule has 0 aromatic heterocycles. The Hall–Kier alpha value is -0.910. The van der Waals surface area contributed by atoms with E-state index in [2.05, 4.69) is 0 Å². The van der Waals surface area contributed by atoms with Crippen LogP contribution in [0.15, 0.2) is 0 Å². The minimum atomic E-state index is -0.857. The van der Waals surface area contributed by atoms with Crippen molar-refractivity contribution in [1.29, 1.82) is 0 Å². The average Bonchev–Trinajstić information content (AvgIpc) is 2.82. The Balaban J connectivity index is 2.01. The largest absolute Gasteiger partial charge is 0.339 e. The Bertz CT molecular complexity index is 372. The van der Waals surface area contributed by atoms with Crippen molar-refractivity contribution in [2.24, 2.45) is 0 Å². The van der Waals surface area contributed by atoms with Gasteiger partial charge in [0.1, 0.15) is 6.04 Å². The number of nitrogens with zero attached hydrogens (tertiary/aromatic N) is 2. The van der Waals surface area contributed by atoms with E-state index in [-0.39, 0.29) is 17.9 Å². The molecular formula is C12H20N2O3S. The maximum absolute atomic E-state index is 12.3. The van der Waals surface area contributed by atoms with Crippen LogP contribution < -0.4 is 0 Å². The molecule has 2 fully saturated rings. The fourth-order valence-corrected chi connectivity index (χ4v) is 3.31. The summed E-state index contributed by atoms with van der Waals surface area (Å²) >= 11 is 0. The lowest BCUT2D eigenvalue weighted by Crippen LogP contribution is -2.44. The molecule has 2 amide bonds. The van der Waals surface area contributed by atoms with Gasteiger partial charge in [0.15, 0.2) is 0 Å². The Kier molecular flexibility index (Phi) is 4.37. The van der Waals surface area contributed by atoms with Gasteiger partial charge in [-0.1, -0.05) is 6.92 Å². The number of amides is 2. The number of carbonyl (C=O) groups excluding carboxylic acids is 2. The standard InChI is InChI=1S/C12H20N2O3S/c1-2-18(17)9-8-13-7-5-11(15)14-6-3-4-10(14)12(13)16/h10H,2-9H2,1H3. The highest BCUT2D eigenvalue weighted by Gasteiger charge is 2.38. The molecule has 5 nitrogen and oxygen atoms in total. The molecule has 102 valence electrons. The number of rotatable bonds is 4. The summed E-state index contributed by atoms with van der Waals surface area (Å²) in [5.41, 5.74) is 0. The molecule has 0 N–H and O–H groups in total. The molecule has 2 heterocycles. The highest BCUT2D eigenvalue weighted by molar-refractivity contribution is 7.84. The zero-order valence-electron chi connectivity index (χ0n) is 10.8. The molecule has 2 saturated heterocycles. The van der Waals surface area contributed by atoms with E-state index < -0.39 is 10.8 Å². The summed E-state index contributed by atoms with van der Waals surface area (Å²) in [4.78, 5) is 27.6. The molecule has 0 saturated carbocycles. The van der Waals surface area contributed by atoms with Crippen molar-refractivity contribution in [2.75, 3.05) is 31.1 Å². The number of hydrogen-bond donors (Lipinski definition) is 0. The Morgan fingerprint density at radius 2 is 2.11 bits per heavy atom. The first-order valence-electron chi connectivity index (χ1n) is 6.56. The van der Waals surface area contributed by atoms with Gasteiger partial charge in [-0.15, -0.1) is 0 Å². The van der Waals surface area contributed by atoms with E-state index in [1.165, 1.54) is 0 Å². The van der Waals surface area contributed by atoms with Crippen LogP contribution in [0.5, 0.6) is 0 Å². The van der Waals surface area contributed by atoms with Crippen molar-refractivity contribution in [1.82, 2.24) is 9.80 Å². The second kappa shape index (κ2) is 5.82. The zero-order chi connectivity index (χ0) is 13.1. The molecule has 0 radical (unpaired) electrons. The number of hydrogen-bond acceptors (Lipinski definition) is 3. The first kappa shape index (κ1) is 13.5. The van der Waals surface area contributed by atoms with Crippen LogP contribution in [0, 0.1) is 0 Å². The maximum Gasteiger partial charge on any atom is 0.245 e. The van der Waals surface area contributed by atoms with E-state index in [0.29, 0.717) is 37.6 Å². The lowest BCUT2D eigenvalue weighted by Gasteiger charge is -2.24. The third-order valence-electron chi connectivity index (χ3n) is 3.68. The smallest absolute Gasteiger partial charge is 0.245 e. The zero-order valence-corrected chi connectivity index (χ0v) is 11.6. The van der Waals surface area contributed by atoms with Crippen molar-refractivity contribution in [3.63, 3.8) is 0 Å². The average molecular weight is 272 g/mol. The van der Waals surface area contributed by atoms with Gasteiger partial charge in [-0.2, -0.15) is 0 Å². The monoisotopic (exact) mass is 272 g/mol. The predicted octanol–water partition coefficient (Wildman–Crippen LogP) is -0.0217. The van der Waals surface area contributed by atoms with E-state index in [1.807, 2.05) is 6.92 Å². The number of carbonyl (C=O) groups is 2. The van der Waals surface area contributed by atoms with Crippen molar-refractivity contribution in [3.05, 3.63) is 0 Å². The van der Waals surface area contributed by atoms with Crippen LogP contribution in [-0.4, -0.2) is 63.0 Å². The normalized spacial score (nSPS) is 26.2. The quantitative estimate of drug-likeness (QED) is 0.722. The van der Waals surface area contributed by atoms with Gasteiger partial charge in [-0.3, -0.25) is 13.8 Å². The maximum atomic E-state index is 12.3. The van der Waals surface area contributed by atoms with Crippen LogP contribution >= 0.6 is 0 Å². The summed E-state index contributed by atoms with van der Waals surface area (Å²) in [5, 5.41) is 0. The van der Waals surface area contributed by atoms with E-state index in [0.717, 1.165) is 12.8 Å². The molecule has 2 aliphatic rings. The molecule has 6 heteroatoms. The van der Waals surface area contributed by atoms with E-state index in [1.54, 1.807) is 9.80 Å². The Morgan fingerprint density at radius 1 is 1.33 bits per heavy atom. The summed E-state index contributed by atoms with van der Waals surface area (Å²) in [6.45, 7) is 3.58. The third kappa shape index (κ3) is 2.74. The molecule has 0 bridgehead atoms. The van der Waals surface area contributed by atoms with E-state index >= 15 is 0 Å². The lowest BCUT2D eigenvalue weighted by atomic mass is 10.2. The van der Waals surface area contributed by atoms with E-state index in [9.17, 15) is 13.8 Å². The second-order valence-corrected chi connectivity index (χ2v) is 6.62. The molecule has 18 heavy (non-hydrogen) atoms. The van der Waals surface area contributed by atoms with Crippen molar-refractivity contribution < 1.29 is 13.8 Å². The van der Waals surface area contributed by atoms with Crippen LogP contribution in [0.25, 0.3) is 0 Å². The molecular weight excluding hydrogens is 252 g/mol. The summed E-state index contributed by atoms with van der Waals surface area (Å²) in [6, 6.07) is -0.255. The van der Waals surface area contributed by atoms with E-state index in [4.69, 9.17) is 0 Å². The first-order valence-corrected chi connectivity index (χ1v) is 8.05. The van der Waals surface area contributed by atoms with Crippen LogP contribution in [0.4, 0.5) is 0 Å². The summed E-state index contributed by atoms with van der Waals surface area (Å²) in [7, 11) is -0.857. The minimum absolute atomic E-state index is 0.0476. The summed E-state index contributed by atoms with van der Waals surface area (Å²) < 4.78 is 11.4. The predicted molar refractivity (Wildman–Crippen MR) is 69.5 cm³/mol. The molecule has 2 aliphatic heterocycles. The van der Waals surface area contributed by atoms with Crippen LogP contribution in [0.2, 0.25) is 0 Å². The molecule has 0 aromatic rings. The minimum Gasteiger partial charge on any atom is -0.339 e. The first-order chi connectivity index (χ1) is 8.63. The Labute approximate surface area is 110 Å². The summed E-state index contributed by atoms with van der Waals surface area (Å²) in [6.07, 6.45) is 2.09. The van der Waals surface area contributed by atoms with Gasteiger partial charge in [-0.25, -0.2) is 0 Å².